The summed E-state index contributed by atoms with van der Waals surface area (Å²) in [6.07, 6.45) is 29.5. The third-order valence-electron chi connectivity index (χ3n) is 27.9. The van der Waals surface area contributed by atoms with Gasteiger partial charge in [0.2, 0.25) is 17.7 Å². The van der Waals surface area contributed by atoms with Crippen molar-refractivity contribution >= 4 is 17.7 Å². The van der Waals surface area contributed by atoms with Gasteiger partial charge in [0.05, 0.1) is 17.4 Å². The summed E-state index contributed by atoms with van der Waals surface area (Å²) in [6, 6.07) is 33.3. The Hall–Kier alpha value is -4.09. The third kappa shape index (κ3) is 9.50. The number of benzene rings is 3. The molecule has 3 aromatic carbocycles. The van der Waals surface area contributed by atoms with Gasteiger partial charge in [0.25, 0.3) is 0 Å². The molecule has 3 aromatic rings. The molecule has 3 amide bonds. The summed E-state index contributed by atoms with van der Waals surface area (Å²) >= 11 is 0. The van der Waals surface area contributed by atoms with Crippen LogP contribution < -0.4 is 27.0 Å². The topological polar surface area (TPSA) is 138 Å². The Morgan fingerprint density at radius 3 is 1.93 bits per heavy atom. The zero-order chi connectivity index (χ0) is 58.6. The summed E-state index contributed by atoms with van der Waals surface area (Å²) in [5, 5.41) is 14.8. The smallest absolute Gasteiger partial charge is 0.226 e. The van der Waals surface area contributed by atoms with Crippen LogP contribution in [0, 0.1) is 44.8 Å². The van der Waals surface area contributed by atoms with Crippen LogP contribution in [0.25, 0.3) is 0 Å². The average molecular weight is 1170 g/mol. The van der Waals surface area contributed by atoms with E-state index in [1.54, 1.807) is 0 Å². The van der Waals surface area contributed by atoms with Crippen LogP contribution in [0.3, 0.4) is 0 Å². The fourth-order valence-corrected chi connectivity index (χ4v) is 26.1. The van der Waals surface area contributed by atoms with E-state index in [1.807, 2.05) is 0 Å². The highest BCUT2D eigenvalue weighted by Gasteiger charge is 2.71. The first-order valence-electron chi connectivity index (χ1n) is 35.3. The van der Waals surface area contributed by atoms with Crippen LogP contribution in [0.2, 0.25) is 0 Å². The number of ether oxygens (including phenoxy) is 1. The quantitative estimate of drug-likeness (QED) is 0.0963. The van der Waals surface area contributed by atoms with E-state index in [2.05, 4.69) is 126 Å². The van der Waals surface area contributed by atoms with Crippen molar-refractivity contribution in [3.8, 4) is 0 Å². The van der Waals surface area contributed by atoms with Crippen LogP contribution in [0.4, 0.5) is 0 Å². The normalized spacial score (nSPS) is 46.3. The standard InChI is InChI=1S/C76H104N6O4/c1-4-86-50-69-33-52-34-72(43-69,46-73(35-52,44-69)65(84)79-60-21-19-59(77)20-22-60)57-15-11-56(12-16-57)71(28-23-64(83)80-62-32-51-31-61(62)78-36-51)39-67(2)26-8-27-70(38-67,45-71)55-13-17-58(18-14-55)75-41-68(3)40-74(47-75,54-9-6-5-7-10-54)48-76(42-68,49-75)66(85)81-63-37-82-29-24-53(63)25-30-82/h5-7,9-18,51-53,59-63,78H,4,8,19-50,77H2,1-3H3,(H,79,84)(H,80,83)(H,81,85)/t51?,52?,59-,60-,61?,62?,63-,67?,68-,69?,70?,71?,72?,73?,74-,75?,76?/m0/s1. The molecule has 6 N–H and O–H groups in total. The fourth-order valence-electron chi connectivity index (χ4n) is 26.1. The number of piperidine rings is 4. The van der Waals surface area contributed by atoms with Crippen molar-refractivity contribution in [1.82, 2.24) is 26.2 Å². The van der Waals surface area contributed by atoms with Crippen LogP contribution in [0.1, 0.15) is 228 Å². The lowest BCUT2D eigenvalue weighted by Gasteiger charge is -2.70. The maximum atomic E-state index is 15.5. The molecular weight excluding hydrogens is 1060 g/mol. The second kappa shape index (κ2) is 20.5. The van der Waals surface area contributed by atoms with Crippen molar-refractivity contribution in [2.45, 2.75) is 258 Å². The number of carbonyl (C=O) groups excluding carboxylic acids is 3. The Morgan fingerprint density at radius 2 is 1.26 bits per heavy atom. The molecule has 12 unspecified atom stereocenters. The largest absolute Gasteiger partial charge is 0.381 e. The number of nitrogens with one attached hydrogen (secondary N) is 4. The molecule has 462 valence electrons. The van der Waals surface area contributed by atoms with Gasteiger partial charge in [0.1, 0.15) is 0 Å². The van der Waals surface area contributed by atoms with Gasteiger partial charge in [-0.2, -0.15) is 0 Å². The van der Waals surface area contributed by atoms with Gasteiger partial charge in [0.15, 0.2) is 0 Å². The minimum atomic E-state index is -0.396. The lowest BCUT2D eigenvalue weighted by atomic mass is 9.33. The molecule has 16 aliphatic rings. The number of fused-ring (bicyclic) bond motifs is 7. The molecule has 15 atom stereocenters. The summed E-state index contributed by atoms with van der Waals surface area (Å²) in [7, 11) is 0. The highest BCUT2D eigenvalue weighted by Crippen LogP contribution is 2.75. The van der Waals surface area contributed by atoms with Crippen LogP contribution in [0.15, 0.2) is 78.9 Å². The van der Waals surface area contributed by atoms with E-state index >= 15 is 9.59 Å². The molecule has 0 radical (unpaired) electrons. The average Bonchev–Trinajstić information content (AvgIpc) is 0.762. The summed E-state index contributed by atoms with van der Waals surface area (Å²) in [5.74, 6) is 2.67. The zero-order valence-corrected chi connectivity index (χ0v) is 52.8. The second-order valence-corrected chi connectivity index (χ2v) is 34.5. The molecule has 12 aliphatic carbocycles. The SMILES string of the molecule is CCOCC12CC3CC(C(=O)N[C@H]4CC[C@H](N)CC4)(C1)CC(c1ccc(C4(CCC(=O)NC5CC6CNC5C6)CC5(C)CCCC(c6ccc(C78CC9(C(=O)N[C@H]%10CN%11CCC%10CC%11)C[C@](C)(C7)C[C@@](c7ccccc7)(C9)C8)cc6)(C5)C4)cc1)(C3)C2. The van der Waals surface area contributed by atoms with Gasteiger partial charge in [-0.25, -0.2) is 0 Å². The van der Waals surface area contributed by atoms with Crippen molar-refractivity contribution in [3.63, 3.8) is 0 Å². The Labute approximate surface area is 515 Å². The highest BCUT2D eigenvalue weighted by molar-refractivity contribution is 5.85. The Balaban J connectivity index is 0.732. The number of nitrogens with two attached hydrogens (primary N) is 1. The Kier molecular flexibility index (Phi) is 13.6. The lowest BCUT2D eigenvalue weighted by Crippen LogP contribution is -2.68. The number of hydrogen-bond donors (Lipinski definition) is 5. The van der Waals surface area contributed by atoms with Crippen molar-refractivity contribution in [2.24, 2.45) is 50.6 Å². The number of rotatable bonds is 16. The van der Waals surface area contributed by atoms with Gasteiger partial charge in [-0.15, -0.1) is 0 Å². The van der Waals surface area contributed by atoms with Gasteiger partial charge in [-0.05, 0) is 282 Å². The van der Waals surface area contributed by atoms with Gasteiger partial charge < -0.3 is 36.6 Å². The van der Waals surface area contributed by atoms with Crippen molar-refractivity contribution in [2.75, 3.05) is 39.4 Å². The van der Waals surface area contributed by atoms with Crippen LogP contribution >= 0.6 is 0 Å². The summed E-state index contributed by atoms with van der Waals surface area (Å²) in [6.45, 7) is 13.2. The van der Waals surface area contributed by atoms with E-state index in [0.717, 1.165) is 155 Å². The Bertz CT molecular complexity index is 3100. The third-order valence-corrected chi connectivity index (χ3v) is 27.9. The highest BCUT2D eigenvalue weighted by atomic mass is 16.5. The van der Waals surface area contributed by atoms with E-state index in [4.69, 9.17) is 10.5 Å². The predicted molar refractivity (Wildman–Crippen MR) is 339 cm³/mol. The van der Waals surface area contributed by atoms with Crippen molar-refractivity contribution in [1.29, 1.82) is 0 Å². The molecule has 0 spiro atoms. The van der Waals surface area contributed by atoms with Gasteiger partial charge in [-0.3, -0.25) is 14.4 Å². The van der Waals surface area contributed by atoms with Crippen LogP contribution in [-0.2, 0) is 46.2 Å². The number of nitrogens with zero attached hydrogens (tertiary/aromatic N) is 1. The van der Waals surface area contributed by atoms with Gasteiger partial charge in [-0.1, -0.05) is 99.1 Å². The molecule has 86 heavy (non-hydrogen) atoms. The number of amides is 3. The van der Waals surface area contributed by atoms with E-state index in [-0.39, 0.29) is 78.8 Å². The fraction of sp³-hybridized carbons (Fsp3) is 0.724. The summed E-state index contributed by atoms with van der Waals surface area (Å²) in [4.78, 5) is 47.6. The predicted octanol–water partition coefficient (Wildman–Crippen LogP) is 12.3. The van der Waals surface area contributed by atoms with E-state index in [1.165, 1.54) is 79.4 Å². The van der Waals surface area contributed by atoms with Crippen molar-refractivity contribution in [3.05, 3.63) is 107 Å². The van der Waals surface area contributed by atoms with Crippen molar-refractivity contribution < 1.29 is 19.1 Å². The van der Waals surface area contributed by atoms with Crippen LogP contribution in [0.5, 0.6) is 0 Å². The number of carbonyl (C=O) groups is 3. The first-order valence-corrected chi connectivity index (χ1v) is 35.3. The van der Waals surface area contributed by atoms with Crippen LogP contribution in [-0.4, -0.2) is 92.2 Å². The molecule has 4 aliphatic heterocycles. The molecule has 4 saturated heterocycles. The molecule has 10 heteroatoms. The van der Waals surface area contributed by atoms with E-state index in [9.17, 15) is 4.79 Å². The van der Waals surface area contributed by atoms with E-state index < -0.39 is 5.41 Å². The molecule has 14 bridgehead atoms. The Morgan fingerprint density at radius 1 is 0.593 bits per heavy atom. The number of hydrogen-bond acceptors (Lipinski definition) is 7. The first-order chi connectivity index (χ1) is 41.4. The van der Waals surface area contributed by atoms with E-state index in [0.29, 0.717) is 48.6 Å². The van der Waals surface area contributed by atoms with Gasteiger partial charge >= 0.3 is 0 Å². The monoisotopic (exact) mass is 1160 g/mol. The lowest BCUT2D eigenvalue weighted by molar-refractivity contribution is -0.172. The maximum Gasteiger partial charge on any atom is 0.226 e. The summed E-state index contributed by atoms with van der Waals surface area (Å²) < 4.78 is 6.42. The summed E-state index contributed by atoms with van der Waals surface area (Å²) in [5.41, 5.74) is 12.6. The molecule has 0 aromatic heterocycles. The second-order valence-electron chi connectivity index (χ2n) is 34.5. The molecule has 19 rings (SSSR count). The first kappa shape index (κ1) is 57.1. The zero-order valence-electron chi connectivity index (χ0n) is 52.8. The molecular formula is C76H104N6O4. The molecule has 12 saturated carbocycles. The molecule has 16 fully saturated rings. The minimum Gasteiger partial charge on any atom is -0.381 e. The molecule has 10 nitrogen and oxygen atoms in total. The minimum absolute atomic E-state index is 0.000492. The van der Waals surface area contributed by atoms with Gasteiger partial charge in [0, 0.05) is 49.8 Å². The molecule has 4 heterocycles. The maximum absolute atomic E-state index is 15.5.